The first-order valence-electron chi connectivity index (χ1n) is 6.48. The molecule has 0 bridgehead atoms. The van der Waals surface area contributed by atoms with E-state index in [0.717, 1.165) is 17.7 Å². The number of likely N-dealkylation sites (N-methyl/N-ethyl adjacent to an activating group) is 1. The highest BCUT2D eigenvalue weighted by molar-refractivity contribution is 5.98. The average Bonchev–Trinajstić information content (AvgIpc) is 2.57. The molecule has 1 heterocycles. The normalized spacial score (nSPS) is 19.9. The van der Waals surface area contributed by atoms with E-state index in [1.54, 1.807) is 14.0 Å². The van der Waals surface area contributed by atoms with Crippen LogP contribution in [-0.4, -0.2) is 30.9 Å². The van der Waals surface area contributed by atoms with Gasteiger partial charge in [-0.25, -0.2) is 0 Å². The molecule has 5 nitrogen and oxygen atoms in total. The minimum atomic E-state index is -0.476. The van der Waals surface area contributed by atoms with Crippen molar-refractivity contribution in [1.29, 1.82) is 0 Å². The van der Waals surface area contributed by atoms with Gasteiger partial charge >= 0.3 is 0 Å². The Bertz CT molecular complexity index is 487. The second-order valence-electron chi connectivity index (χ2n) is 4.76. The van der Waals surface area contributed by atoms with Gasteiger partial charge in [0.05, 0.1) is 6.04 Å². The van der Waals surface area contributed by atoms with Crippen molar-refractivity contribution in [3.8, 4) is 0 Å². The molecule has 0 saturated carbocycles. The summed E-state index contributed by atoms with van der Waals surface area (Å²) in [5.74, 6) is -0.310. The average molecular weight is 261 g/mol. The van der Waals surface area contributed by atoms with Crippen LogP contribution >= 0.6 is 0 Å². The van der Waals surface area contributed by atoms with E-state index in [1.807, 2.05) is 24.3 Å². The van der Waals surface area contributed by atoms with Gasteiger partial charge in [-0.15, -0.1) is 0 Å². The Morgan fingerprint density at radius 2 is 2.16 bits per heavy atom. The van der Waals surface area contributed by atoms with Crippen LogP contribution in [0, 0.1) is 0 Å². The summed E-state index contributed by atoms with van der Waals surface area (Å²) in [4.78, 5) is 23.9. The third-order valence-electron chi connectivity index (χ3n) is 3.44. The lowest BCUT2D eigenvalue weighted by atomic mass is 10.1. The Balaban J connectivity index is 2.06. The molecule has 3 N–H and O–H groups in total. The summed E-state index contributed by atoms with van der Waals surface area (Å²) in [5, 5.41) is 8.50. The fourth-order valence-corrected chi connectivity index (χ4v) is 2.08. The van der Waals surface area contributed by atoms with Gasteiger partial charge in [0.2, 0.25) is 11.8 Å². The number of fused-ring (bicyclic) bond motifs is 1. The lowest BCUT2D eigenvalue weighted by molar-refractivity contribution is -0.127. The van der Waals surface area contributed by atoms with Crippen LogP contribution in [0.1, 0.15) is 18.9 Å². The van der Waals surface area contributed by atoms with Crippen molar-refractivity contribution in [2.45, 2.75) is 31.8 Å². The molecule has 1 aliphatic heterocycles. The van der Waals surface area contributed by atoms with Crippen molar-refractivity contribution in [3.05, 3.63) is 29.8 Å². The predicted octanol–water partition coefficient (Wildman–Crippen LogP) is 0.664. The summed E-state index contributed by atoms with van der Waals surface area (Å²) in [5.41, 5.74) is 1.94. The summed E-state index contributed by atoms with van der Waals surface area (Å²) < 4.78 is 0. The van der Waals surface area contributed by atoms with E-state index in [4.69, 9.17) is 0 Å². The van der Waals surface area contributed by atoms with Gasteiger partial charge in [0, 0.05) is 5.69 Å². The highest BCUT2D eigenvalue weighted by Crippen LogP contribution is 2.21. The maximum atomic E-state index is 12.1. The van der Waals surface area contributed by atoms with Crippen molar-refractivity contribution in [2.24, 2.45) is 0 Å². The van der Waals surface area contributed by atoms with Crippen LogP contribution in [0.4, 0.5) is 5.69 Å². The molecule has 0 aliphatic carbocycles. The van der Waals surface area contributed by atoms with Gasteiger partial charge in [-0.2, -0.15) is 0 Å². The van der Waals surface area contributed by atoms with Gasteiger partial charge in [-0.05, 0) is 38.4 Å². The molecule has 102 valence electrons. The van der Waals surface area contributed by atoms with Crippen LogP contribution in [0.15, 0.2) is 24.3 Å². The highest BCUT2D eigenvalue weighted by atomic mass is 16.2. The molecule has 2 rings (SSSR count). The number of amides is 2. The van der Waals surface area contributed by atoms with Gasteiger partial charge in [0.25, 0.3) is 0 Å². The van der Waals surface area contributed by atoms with Crippen LogP contribution in [-0.2, 0) is 16.0 Å². The Hall–Kier alpha value is -1.88. The molecule has 5 heteroatoms. The third kappa shape index (κ3) is 3.12. The van der Waals surface area contributed by atoms with Crippen LogP contribution in [0.25, 0.3) is 0 Å². The first kappa shape index (κ1) is 13.5. The number of hydrogen-bond donors (Lipinski definition) is 3. The molecule has 0 saturated heterocycles. The van der Waals surface area contributed by atoms with E-state index in [9.17, 15) is 9.59 Å². The minimum absolute atomic E-state index is 0.151. The molecule has 2 amide bonds. The standard InChI is InChI=1S/C14H19N3O2/c1-9(15-2)13(18)17-12-8-7-10-5-3-4-6-11(10)16-14(12)19/h3-6,9,12,15H,7-8H2,1-2H3,(H,16,19)(H,17,18). The molecule has 1 aliphatic rings. The molecule has 0 fully saturated rings. The molecule has 1 aromatic rings. The number of carbonyl (C=O) groups is 2. The number of benzene rings is 1. The summed E-state index contributed by atoms with van der Waals surface area (Å²) in [6, 6.07) is 6.94. The topological polar surface area (TPSA) is 70.2 Å². The molecule has 1 aromatic carbocycles. The SMILES string of the molecule is CNC(C)C(=O)NC1CCc2ccccc2NC1=O. The minimum Gasteiger partial charge on any atom is -0.343 e. The Kier molecular flexibility index (Phi) is 4.16. The van der Waals surface area contributed by atoms with E-state index in [1.165, 1.54) is 0 Å². The van der Waals surface area contributed by atoms with E-state index >= 15 is 0 Å². The van der Waals surface area contributed by atoms with Crippen molar-refractivity contribution < 1.29 is 9.59 Å². The number of aryl methyl sites for hydroxylation is 1. The van der Waals surface area contributed by atoms with Crippen molar-refractivity contribution >= 4 is 17.5 Å². The molecule has 2 atom stereocenters. The number of anilines is 1. The molecule has 0 aromatic heterocycles. The largest absolute Gasteiger partial charge is 0.343 e. The quantitative estimate of drug-likeness (QED) is 0.749. The van der Waals surface area contributed by atoms with Gasteiger partial charge in [-0.1, -0.05) is 18.2 Å². The number of para-hydroxylation sites is 1. The van der Waals surface area contributed by atoms with Gasteiger partial charge in [-0.3, -0.25) is 9.59 Å². The molecule has 19 heavy (non-hydrogen) atoms. The van der Waals surface area contributed by atoms with E-state index in [2.05, 4.69) is 16.0 Å². The van der Waals surface area contributed by atoms with E-state index in [-0.39, 0.29) is 17.9 Å². The summed E-state index contributed by atoms with van der Waals surface area (Å²) >= 11 is 0. The zero-order valence-corrected chi connectivity index (χ0v) is 11.2. The summed E-state index contributed by atoms with van der Waals surface area (Å²) in [6.45, 7) is 1.76. The van der Waals surface area contributed by atoms with Crippen LogP contribution < -0.4 is 16.0 Å². The van der Waals surface area contributed by atoms with Gasteiger partial charge < -0.3 is 16.0 Å². The number of carbonyl (C=O) groups excluding carboxylic acids is 2. The van der Waals surface area contributed by atoms with Crippen molar-refractivity contribution in [2.75, 3.05) is 12.4 Å². The number of rotatable bonds is 3. The second kappa shape index (κ2) is 5.84. The van der Waals surface area contributed by atoms with Gasteiger partial charge in [0.15, 0.2) is 0 Å². The third-order valence-corrected chi connectivity index (χ3v) is 3.44. The van der Waals surface area contributed by atoms with Gasteiger partial charge in [0.1, 0.15) is 6.04 Å². The lowest BCUT2D eigenvalue weighted by Crippen LogP contribution is -2.49. The first-order valence-corrected chi connectivity index (χ1v) is 6.48. The Morgan fingerprint density at radius 1 is 1.42 bits per heavy atom. The fraction of sp³-hybridized carbons (Fsp3) is 0.429. The van der Waals surface area contributed by atoms with Crippen LogP contribution in [0.3, 0.4) is 0 Å². The highest BCUT2D eigenvalue weighted by Gasteiger charge is 2.25. The Labute approximate surface area is 112 Å². The lowest BCUT2D eigenvalue weighted by Gasteiger charge is -2.18. The molecule has 0 radical (unpaired) electrons. The number of hydrogen-bond acceptors (Lipinski definition) is 3. The zero-order valence-electron chi connectivity index (χ0n) is 11.2. The van der Waals surface area contributed by atoms with Crippen molar-refractivity contribution in [1.82, 2.24) is 10.6 Å². The molecule has 0 spiro atoms. The van der Waals surface area contributed by atoms with Crippen LogP contribution in [0.5, 0.6) is 0 Å². The monoisotopic (exact) mass is 261 g/mol. The second-order valence-corrected chi connectivity index (χ2v) is 4.76. The maximum Gasteiger partial charge on any atom is 0.246 e. The van der Waals surface area contributed by atoms with E-state index in [0.29, 0.717) is 6.42 Å². The summed E-state index contributed by atoms with van der Waals surface area (Å²) in [7, 11) is 1.72. The summed E-state index contributed by atoms with van der Waals surface area (Å²) in [6.07, 6.45) is 1.39. The Morgan fingerprint density at radius 3 is 2.89 bits per heavy atom. The zero-order chi connectivity index (χ0) is 13.8. The molecular formula is C14H19N3O2. The molecule has 2 unspecified atom stereocenters. The molecular weight excluding hydrogens is 242 g/mol. The first-order chi connectivity index (χ1) is 9.11. The van der Waals surface area contributed by atoms with Crippen LogP contribution in [0.2, 0.25) is 0 Å². The predicted molar refractivity (Wildman–Crippen MR) is 73.8 cm³/mol. The fourth-order valence-electron chi connectivity index (χ4n) is 2.08. The maximum absolute atomic E-state index is 12.1. The van der Waals surface area contributed by atoms with Crippen molar-refractivity contribution in [3.63, 3.8) is 0 Å². The van der Waals surface area contributed by atoms with E-state index < -0.39 is 6.04 Å². The smallest absolute Gasteiger partial charge is 0.246 e. The number of nitrogens with one attached hydrogen (secondary N) is 3.